The van der Waals surface area contributed by atoms with Gasteiger partial charge in [0.1, 0.15) is 12.4 Å². The fourth-order valence-corrected chi connectivity index (χ4v) is 6.99. The third-order valence-electron chi connectivity index (χ3n) is 7.80. The SMILES string of the molecule is CCN1CCN([C@@H]2CC[C@H](N(C)C(=O)COCCN(C)S(=O)(=O)c3c(C)cc(OC)cc3C)C2)CC1. The van der Waals surface area contributed by atoms with Gasteiger partial charge in [0.05, 0.1) is 18.6 Å². The summed E-state index contributed by atoms with van der Waals surface area (Å²) in [6.07, 6.45) is 3.15. The summed E-state index contributed by atoms with van der Waals surface area (Å²) < 4.78 is 38.4. The molecule has 1 amide bonds. The van der Waals surface area contributed by atoms with E-state index in [1.54, 1.807) is 33.1 Å². The summed E-state index contributed by atoms with van der Waals surface area (Å²) >= 11 is 0. The molecule has 1 aromatic carbocycles. The highest BCUT2D eigenvalue weighted by Gasteiger charge is 2.34. The van der Waals surface area contributed by atoms with Gasteiger partial charge in [0, 0.05) is 58.9 Å². The molecule has 0 spiro atoms. The highest BCUT2D eigenvalue weighted by atomic mass is 32.2. The molecule has 0 N–H and O–H groups in total. The Bertz CT molecular complexity index is 971. The summed E-state index contributed by atoms with van der Waals surface area (Å²) in [5.41, 5.74) is 1.28. The van der Waals surface area contributed by atoms with Crippen molar-refractivity contribution in [3.8, 4) is 5.75 Å². The molecule has 1 aromatic rings. The van der Waals surface area contributed by atoms with Crippen LogP contribution >= 0.6 is 0 Å². The van der Waals surface area contributed by atoms with Crippen molar-refractivity contribution in [2.75, 3.05) is 73.7 Å². The molecule has 10 heteroatoms. The first-order valence-electron chi connectivity index (χ1n) is 13.0. The van der Waals surface area contributed by atoms with Crippen LogP contribution < -0.4 is 4.74 Å². The Balaban J connectivity index is 1.43. The molecule has 2 fully saturated rings. The third kappa shape index (κ3) is 6.77. The largest absolute Gasteiger partial charge is 0.497 e. The first-order valence-corrected chi connectivity index (χ1v) is 14.4. The predicted molar refractivity (Wildman–Crippen MR) is 141 cm³/mol. The topological polar surface area (TPSA) is 82.6 Å². The number of hydrogen-bond donors (Lipinski definition) is 0. The Morgan fingerprint density at radius 2 is 1.72 bits per heavy atom. The number of rotatable bonds is 11. The standard InChI is InChI=1S/C26H44N4O5S/c1-7-29-10-12-30(13-11-29)23-9-8-22(18-23)28(5)25(31)19-35-15-14-27(4)36(32,33)26-20(2)16-24(34-6)17-21(26)3/h16-17,22-23H,7-15,18-19H2,1-6H3/t22-,23+/m0/s1. The third-order valence-corrected chi connectivity index (χ3v) is 9.97. The van der Waals surface area contributed by atoms with E-state index in [-0.39, 0.29) is 36.6 Å². The minimum Gasteiger partial charge on any atom is -0.497 e. The zero-order valence-electron chi connectivity index (χ0n) is 22.8. The molecule has 204 valence electrons. The van der Waals surface area contributed by atoms with Gasteiger partial charge in [0.25, 0.3) is 0 Å². The van der Waals surface area contributed by atoms with Crippen LogP contribution in [0.5, 0.6) is 5.75 Å². The number of amides is 1. The van der Waals surface area contributed by atoms with E-state index in [0.29, 0.717) is 22.9 Å². The Hall–Kier alpha value is -1.72. The lowest BCUT2D eigenvalue weighted by molar-refractivity contribution is -0.136. The molecule has 3 rings (SSSR count). The molecule has 1 saturated carbocycles. The first-order chi connectivity index (χ1) is 17.1. The molecular weight excluding hydrogens is 480 g/mol. The van der Waals surface area contributed by atoms with Gasteiger partial charge in [-0.3, -0.25) is 9.69 Å². The molecule has 0 bridgehead atoms. The van der Waals surface area contributed by atoms with Crippen LogP contribution in [0.15, 0.2) is 17.0 Å². The van der Waals surface area contributed by atoms with Crippen LogP contribution in [0.1, 0.15) is 37.3 Å². The quantitative estimate of drug-likeness (QED) is 0.409. The summed E-state index contributed by atoms with van der Waals surface area (Å²) in [5, 5.41) is 0. The van der Waals surface area contributed by atoms with E-state index in [0.717, 1.165) is 52.0 Å². The average molecular weight is 525 g/mol. The zero-order valence-corrected chi connectivity index (χ0v) is 23.6. The average Bonchev–Trinajstić information content (AvgIpc) is 3.35. The Labute approximate surface area is 217 Å². The summed E-state index contributed by atoms with van der Waals surface area (Å²) in [5.74, 6) is 0.578. The van der Waals surface area contributed by atoms with Crippen LogP contribution in [-0.4, -0.2) is 119 Å². The number of sulfonamides is 1. The minimum atomic E-state index is -3.68. The summed E-state index contributed by atoms with van der Waals surface area (Å²) in [4.78, 5) is 19.9. The van der Waals surface area contributed by atoms with E-state index >= 15 is 0 Å². The van der Waals surface area contributed by atoms with Crippen molar-refractivity contribution in [3.63, 3.8) is 0 Å². The maximum absolute atomic E-state index is 13.1. The minimum absolute atomic E-state index is 0.0404. The van der Waals surface area contributed by atoms with Gasteiger partial charge in [0.2, 0.25) is 15.9 Å². The second kappa shape index (κ2) is 12.7. The van der Waals surface area contributed by atoms with E-state index in [9.17, 15) is 13.2 Å². The van der Waals surface area contributed by atoms with Crippen molar-refractivity contribution in [1.82, 2.24) is 19.0 Å². The number of carbonyl (C=O) groups excluding carboxylic acids is 1. The number of aryl methyl sites for hydroxylation is 2. The molecule has 0 radical (unpaired) electrons. The van der Waals surface area contributed by atoms with Gasteiger partial charge in [-0.1, -0.05) is 6.92 Å². The van der Waals surface area contributed by atoms with Crippen LogP contribution in [-0.2, 0) is 19.6 Å². The first kappa shape index (κ1) is 28.8. The number of carbonyl (C=O) groups is 1. The van der Waals surface area contributed by atoms with Crippen LogP contribution in [0, 0.1) is 13.8 Å². The molecule has 1 saturated heterocycles. The summed E-state index contributed by atoms with van der Waals surface area (Å²) in [7, 11) is 1.27. The van der Waals surface area contributed by atoms with Gasteiger partial charge < -0.3 is 19.3 Å². The van der Waals surface area contributed by atoms with Crippen molar-refractivity contribution in [1.29, 1.82) is 0 Å². The molecule has 1 heterocycles. The molecule has 0 unspecified atom stereocenters. The van der Waals surface area contributed by atoms with Crippen LogP contribution in [0.3, 0.4) is 0 Å². The van der Waals surface area contributed by atoms with Crippen molar-refractivity contribution < 1.29 is 22.7 Å². The van der Waals surface area contributed by atoms with E-state index < -0.39 is 10.0 Å². The second-order valence-electron chi connectivity index (χ2n) is 10.1. The smallest absolute Gasteiger partial charge is 0.248 e. The molecule has 2 aliphatic rings. The number of hydrogen-bond acceptors (Lipinski definition) is 7. The highest BCUT2D eigenvalue weighted by Crippen LogP contribution is 2.29. The molecule has 0 aromatic heterocycles. The fraction of sp³-hybridized carbons (Fsp3) is 0.731. The number of piperazine rings is 1. The lowest BCUT2D eigenvalue weighted by Gasteiger charge is -2.38. The van der Waals surface area contributed by atoms with Gasteiger partial charge in [-0.2, -0.15) is 4.31 Å². The molecule has 36 heavy (non-hydrogen) atoms. The highest BCUT2D eigenvalue weighted by molar-refractivity contribution is 7.89. The zero-order chi connectivity index (χ0) is 26.5. The van der Waals surface area contributed by atoms with Crippen LogP contribution in [0.4, 0.5) is 0 Å². The van der Waals surface area contributed by atoms with Gasteiger partial charge in [-0.05, 0) is 62.9 Å². The number of nitrogens with zero attached hydrogens (tertiary/aromatic N) is 4. The van der Waals surface area contributed by atoms with E-state index in [2.05, 4.69) is 16.7 Å². The fourth-order valence-electron chi connectivity index (χ4n) is 5.43. The number of benzene rings is 1. The van der Waals surface area contributed by atoms with Gasteiger partial charge in [0.15, 0.2) is 0 Å². The molecule has 2 atom stereocenters. The second-order valence-corrected chi connectivity index (χ2v) is 12.0. The summed E-state index contributed by atoms with van der Waals surface area (Å²) in [6.45, 7) is 11.6. The Morgan fingerprint density at radius 1 is 1.08 bits per heavy atom. The molecule has 9 nitrogen and oxygen atoms in total. The van der Waals surface area contributed by atoms with Gasteiger partial charge in [-0.25, -0.2) is 8.42 Å². The predicted octanol–water partition coefficient (Wildman–Crippen LogP) is 1.97. The van der Waals surface area contributed by atoms with Crippen molar-refractivity contribution in [3.05, 3.63) is 23.3 Å². The van der Waals surface area contributed by atoms with Crippen molar-refractivity contribution in [2.45, 2.75) is 57.0 Å². The van der Waals surface area contributed by atoms with E-state index in [1.165, 1.54) is 11.4 Å². The Kier molecular flexibility index (Phi) is 10.2. The maximum Gasteiger partial charge on any atom is 0.248 e. The van der Waals surface area contributed by atoms with Crippen molar-refractivity contribution >= 4 is 15.9 Å². The lowest BCUT2D eigenvalue weighted by Crippen LogP contribution is -2.50. The number of likely N-dealkylation sites (N-methyl/N-ethyl adjacent to an activating group) is 3. The maximum atomic E-state index is 13.1. The van der Waals surface area contributed by atoms with Crippen LogP contribution in [0.25, 0.3) is 0 Å². The van der Waals surface area contributed by atoms with Crippen LogP contribution in [0.2, 0.25) is 0 Å². The molecule has 1 aliphatic heterocycles. The molecular formula is C26H44N4O5S. The van der Waals surface area contributed by atoms with E-state index in [4.69, 9.17) is 9.47 Å². The van der Waals surface area contributed by atoms with Crippen molar-refractivity contribution in [2.24, 2.45) is 0 Å². The van der Waals surface area contributed by atoms with Gasteiger partial charge in [-0.15, -0.1) is 0 Å². The number of methoxy groups -OCH3 is 1. The Morgan fingerprint density at radius 3 is 2.31 bits per heavy atom. The van der Waals surface area contributed by atoms with E-state index in [1.807, 2.05) is 11.9 Å². The lowest BCUT2D eigenvalue weighted by atomic mass is 10.1. The van der Waals surface area contributed by atoms with Gasteiger partial charge >= 0.3 is 0 Å². The summed E-state index contributed by atoms with van der Waals surface area (Å²) in [6, 6.07) is 4.22. The monoisotopic (exact) mass is 524 g/mol. The number of ether oxygens (including phenoxy) is 2. The molecule has 1 aliphatic carbocycles. The normalized spacial score (nSPS) is 21.8.